The Kier molecular flexibility index (Phi) is 4.83. The van der Waals surface area contributed by atoms with Gasteiger partial charge in [-0.25, -0.2) is 13.1 Å². The lowest BCUT2D eigenvalue weighted by atomic mass is 10.1. The Bertz CT molecular complexity index is 559. The zero-order chi connectivity index (χ0) is 13.9. The van der Waals surface area contributed by atoms with Gasteiger partial charge < -0.3 is 9.84 Å². The molecule has 2 rings (SSSR count). The highest BCUT2D eigenvalue weighted by atomic mass is 79.9. The predicted octanol–water partition coefficient (Wildman–Crippen LogP) is 1.19. The van der Waals surface area contributed by atoms with Crippen LogP contribution in [0.25, 0.3) is 0 Å². The number of sulfonamides is 1. The van der Waals surface area contributed by atoms with Crippen LogP contribution in [-0.4, -0.2) is 32.5 Å². The van der Waals surface area contributed by atoms with E-state index in [0.29, 0.717) is 6.61 Å². The van der Waals surface area contributed by atoms with Crippen LogP contribution in [0.2, 0.25) is 0 Å². The molecule has 1 aromatic carbocycles. The molecule has 0 aliphatic carbocycles. The Balaban J connectivity index is 2.08. The molecule has 5 nitrogen and oxygen atoms in total. The highest BCUT2D eigenvalue weighted by molar-refractivity contribution is 9.10. The lowest BCUT2D eigenvalue weighted by Crippen LogP contribution is -2.26. The summed E-state index contributed by atoms with van der Waals surface area (Å²) >= 11 is 3.41. The summed E-state index contributed by atoms with van der Waals surface area (Å²) in [5, 5.41) is 8.66. The van der Waals surface area contributed by atoms with Gasteiger partial charge in [-0.15, -0.1) is 0 Å². The fraction of sp³-hybridized carbons (Fsp3) is 0.500. The normalized spacial score (nSPS) is 14.2. The number of rotatable bonds is 6. The largest absolute Gasteiger partial charge is 0.493 e. The van der Waals surface area contributed by atoms with Crippen molar-refractivity contribution >= 4 is 26.0 Å². The quantitative estimate of drug-likeness (QED) is 0.808. The third-order valence-corrected chi connectivity index (χ3v) is 4.75. The van der Waals surface area contributed by atoms with Gasteiger partial charge in [0.15, 0.2) is 0 Å². The number of hydrogen-bond acceptors (Lipinski definition) is 4. The minimum absolute atomic E-state index is 0.0689. The number of benzene rings is 1. The van der Waals surface area contributed by atoms with Crippen molar-refractivity contribution in [2.45, 2.75) is 19.4 Å². The highest BCUT2D eigenvalue weighted by Crippen LogP contribution is 2.32. The number of hydrogen-bond donors (Lipinski definition) is 2. The predicted molar refractivity (Wildman–Crippen MR) is 75.7 cm³/mol. The Morgan fingerprint density at radius 1 is 1.42 bits per heavy atom. The van der Waals surface area contributed by atoms with Crippen molar-refractivity contribution in [3.8, 4) is 5.75 Å². The summed E-state index contributed by atoms with van der Waals surface area (Å²) in [5.74, 6) is 0.716. The summed E-state index contributed by atoms with van der Waals surface area (Å²) < 4.78 is 32.3. The molecule has 106 valence electrons. The maximum absolute atomic E-state index is 11.7. The fourth-order valence-electron chi connectivity index (χ4n) is 1.99. The minimum atomic E-state index is -3.35. The molecule has 0 atom stereocenters. The fourth-order valence-corrected chi connectivity index (χ4v) is 3.57. The Morgan fingerprint density at radius 3 is 2.95 bits per heavy atom. The van der Waals surface area contributed by atoms with Crippen LogP contribution in [0, 0.1) is 0 Å². The van der Waals surface area contributed by atoms with Crippen molar-refractivity contribution in [3.05, 3.63) is 27.7 Å². The molecule has 0 amide bonds. The smallest absolute Gasteiger partial charge is 0.211 e. The monoisotopic (exact) mass is 349 g/mol. The van der Waals surface area contributed by atoms with Gasteiger partial charge >= 0.3 is 0 Å². The van der Waals surface area contributed by atoms with Crippen LogP contribution < -0.4 is 9.46 Å². The number of aliphatic hydroxyl groups is 1. The summed E-state index contributed by atoms with van der Waals surface area (Å²) in [6, 6.07) is 3.85. The van der Waals surface area contributed by atoms with Gasteiger partial charge in [-0.2, -0.15) is 0 Å². The van der Waals surface area contributed by atoms with Gasteiger partial charge in [0.2, 0.25) is 10.0 Å². The first-order valence-electron chi connectivity index (χ1n) is 6.04. The molecular weight excluding hydrogens is 334 g/mol. The summed E-state index contributed by atoms with van der Waals surface area (Å²) in [6.07, 6.45) is 1.08. The number of ether oxygens (including phenoxy) is 1. The van der Waals surface area contributed by atoms with Crippen molar-refractivity contribution in [1.82, 2.24) is 4.72 Å². The van der Waals surface area contributed by atoms with E-state index in [1.807, 2.05) is 12.1 Å². The Labute approximate surface area is 121 Å². The first kappa shape index (κ1) is 14.8. The van der Waals surface area contributed by atoms with E-state index in [2.05, 4.69) is 20.7 Å². The van der Waals surface area contributed by atoms with Gasteiger partial charge in [0.1, 0.15) is 5.75 Å². The number of nitrogens with one attached hydrogen (secondary N) is 1. The van der Waals surface area contributed by atoms with Gasteiger partial charge in [-0.05, 0) is 24.1 Å². The van der Waals surface area contributed by atoms with Crippen molar-refractivity contribution in [3.63, 3.8) is 0 Å². The van der Waals surface area contributed by atoms with E-state index in [4.69, 9.17) is 9.84 Å². The molecule has 0 unspecified atom stereocenters. The molecule has 0 bridgehead atoms. The zero-order valence-corrected chi connectivity index (χ0v) is 12.8. The van der Waals surface area contributed by atoms with Gasteiger partial charge in [0, 0.05) is 29.6 Å². The summed E-state index contributed by atoms with van der Waals surface area (Å²) in [4.78, 5) is 0. The lowest BCUT2D eigenvalue weighted by Gasteiger charge is -2.10. The average molecular weight is 350 g/mol. The average Bonchev–Trinajstić information content (AvgIpc) is 2.81. The molecule has 0 radical (unpaired) electrons. The molecule has 0 saturated carbocycles. The van der Waals surface area contributed by atoms with Gasteiger partial charge in [0.05, 0.1) is 12.4 Å². The molecule has 1 heterocycles. The first-order chi connectivity index (χ1) is 9.02. The zero-order valence-electron chi connectivity index (χ0n) is 10.4. The van der Waals surface area contributed by atoms with E-state index in [1.54, 1.807) is 0 Å². The van der Waals surface area contributed by atoms with E-state index in [0.717, 1.165) is 27.8 Å². The van der Waals surface area contributed by atoms with Crippen LogP contribution >= 0.6 is 15.9 Å². The summed E-state index contributed by atoms with van der Waals surface area (Å²) in [5.41, 5.74) is 1.92. The summed E-state index contributed by atoms with van der Waals surface area (Å²) in [7, 11) is -3.35. The number of halogens is 1. The van der Waals surface area contributed by atoms with Crippen LogP contribution in [0.1, 0.15) is 17.5 Å². The molecular formula is C12H16BrNO4S. The maximum Gasteiger partial charge on any atom is 0.211 e. The van der Waals surface area contributed by atoms with E-state index >= 15 is 0 Å². The second-order valence-corrected chi connectivity index (χ2v) is 7.21. The molecule has 0 fully saturated rings. The highest BCUT2D eigenvalue weighted by Gasteiger charge is 2.18. The topological polar surface area (TPSA) is 75.6 Å². The standard InChI is InChI=1S/C12H16BrNO4S/c13-11-6-9-2-4-18-12(9)10(7-11)8-14-19(16,17)5-1-3-15/h6-7,14-15H,1-5,8H2. The molecule has 0 aromatic heterocycles. The summed E-state index contributed by atoms with van der Waals surface area (Å²) in [6.45, 7) is 0.710. The van der Waals surface area contributed by atoms with Crippen LogP contribution in [0.3, 0.4) is 0 Å². The van der Waals surface area contributed by atoms with Crippen LogP contribution in [0.15, 0.2) is 16.6 Å². The van der Waals surface area contributed by atoms with Crippen molar-refractivity contribution < 1.29 is 18.3 Å². The first-order valence-corrected chi connectivity index (χ1v) is 8.48. The van der Waals surface area contributed by atoms with E-state index in [9.17, 15) is 8.42 Å². The molecule has 2 N–H and O–H groups in total. The molecule has 7 heteroatoms. The molecule has 1 aromatic rings. The Hall–Kier alpha value is -0.630. The van der Waals surface area contributed by atoms with E-state index in [1.165, 1.54) is 0 Å². The minimum Gasteiger partial charge on any atom is -0.493 e. The van der Waals surface area contributed by atoms with Crippen LogP contribution in [0.5, 0.6) is 5.75 Å². The third kappa shape index (κ3) is 3.92. The van der Waals surface area contributed by atoms with Crippen molar-refractivity contribution in [2.75, 3.05) is 19.0 Å². The van der Waals surface area contributed by atoms with Gasteiger partial charge in [0.25, 0.3) is 0 Å². The molecule has 1 aliphatic heterocycles. The molecule has 0 spiro atoms. The Morgan fingerprint density at radius 2 is 2.21 bits per heavy atom. The van der Waals surface area contributed by atoms with Gasteiger partial charge in [-0.1, -0.05) is 15.9 Å². The number of fused-ring (bicyclic) bond motifs is 1. The van der Waals surface area contributed by atoms with E-state index in [-0.39, 0.29) is 25.3 Å². The van der Waals surface area contributed by atoms with Crippen LogP contribution in [-0.2, 0) is 23.0 Å². The second-order valence-electron chi connectivity index (χ2n) is 4.37. The lowest BCUT2D eigenvalue weighted by molar-refractivity contribution is 0.295. The molecule has 19 heavy (non-hydrogen) atoms. The molecule has 0 saturated heterocycles. The van der Waals surface area contributed by atoms with Crippen LogP contribution in [0.4, 0.5) is 0 Å². The second kappa shape index (κ2) is 6.21. The van der Waals surface area contributed by atoms with Crippen molar-refractivity contribution in [2.24, 2.45) is 0 Å². The van der Waals surface area contributed by atoms with Gasteiger partial charge in [-0.3, -0.25) is 0 Å². The third-order valence-electron chi connectivity index (χ3n) is 2.88. The SMILES string of the molecule is O=S(=O)(CCCO)NCc1cc(Br)cc2c1OCC2. The number of aliphatic hydroxyl groups excluding tert-OH is 1. The molecule has 1 aliphatic rings. The maximum atomic E-state index is 11.7. The van der Waals surface area contributed by atoms with E-state index < -0.39 is 10.0 Å². The van der Waals surface area contributed by atoms with Crippen molar-refractivity contribution in [1.29, 1.82) is 0 Å².